The van der Waals surface area contributed by atoms with Crippen molar-refractivity contribution in [2.75, 3.05) is 26.9 Å². The molecule has 0 bridgehead atoms. The van der Waals surface area contributed by atoms with Crippen molar-refractivity contribution in [2.45, 2.75) is 13.5 Å². The van der Waals surface area contributed by atoms with Crippen LogP contribution in [0.4, 0.5) is 0 Å². The van der Waals surface area contributed by atoms with Gasteiger partial charge in [-0.15, -0.1) is 0 Å². The second-order valence-corrected chi connectivity index (χ2v) is 4.12. The van der Waals surface area contributed by atoms with Crippen LogP contribution in [0.1, 0.15) is 12.6 Å². The first kappa shape index (κ1) is 15.0. The maximum atomic E-state index is 5.55. The standard InChI is InChI=1S/C13H19ClN2O2/c1-11(7-14)10-18-13-4-3-12(16-9-13)8-15-5-6-17-2/h3-4,7,9,15H,5-6,8,10H2,1-2H3/b11-7+. The van der Waals surface area contributed by atoms with Crippen molar-refractivity contribution in [3.8, 4) is 5.75 Å². The lowest BCUT2D eigenvalue weighted by Gasteiger charge is -2.07. The third-order valence-corrected chi connectivity index (χ3v) is 2.61. The van der Waals surface area contributed by atoms with Crippen molar-refractivity contribution in [1.29, 1.82) is 0 Å². The summed E-state index contributed by atoms with van der Waals surface area (Å²) in [6.07, 6.45) is 1.72. The number of halogens is 1. The van der Waals surface area contributed by atoms with Crippen molar-refractivity contribution < 1.29 is 9.47 Å². The van der Waals surface area contributed by atoms with Crippen LogP contribution in [-0.4, -0.2) is 31.9 Å². The van der Waals surface area contributed by atoms with E-state index in [-0.39, 0.29) is 0 Å². The highest BCUT2D eigenvalue weighted by Gasteiger charge is 1.97. The van der Waals surface area contributed by atoms with Crippen LogP contribution in [0.2, 0.25) is 0 Å². The Morgan fingerprint density at radius 2 is 2.33 bits per heavy atom. The lowest BCUT2D eigenvalue weighted by molar-refractivity contribution is 0.199. The molecular formula is C13H19ClN2O2. The molecule has 0 saturated carbocycles. The highest BCUT2D eigenvalue weighted by Crippen LogP contribution is 2.10. The summed E-state index contributed by atoms with van der Waals surface area (Å²) < 4.78 is 10.4. The van der Waals surface area contributed by atoms with Gasteiger partial charge < -0.3 is 14.8 Å². The van der Waals surface area contributed by atoms with E-state index in [1.54, 1.807) is 13.3 Å². The van der Waals surface area contributed by atoms with E-state index < -0.39 is 0 Å². The van der Waals surface area contributed by atoms with Gasteiger partial charge in [0, 0.05) is 25.7 Å². The van der Waals surface area contributed by atoms with Gasteiger partial charge in [0.1, 0.15) is 12.4 Å². The van der Waals surface area contributed by atoms with Crippen LogP contribution in [0.25, 0.3) is 0 Å². The summed E-state index contributed by atoms with van der Waals surface area (Å²) in [4.78, 5) is 4.30. The number of rotatable bonds is 8. The third kappa shape index (κ3) is 6.00. The lowest BCUT2D eigenvalue weighted by Crippen LogP contribution is -2.19. The molecule has 5 heteroatoms. The van der Waals surface area contributed by atoms with Crippen LogP contribution < -0.4 is 10.1 Å². The molecule has 0 aromatic carbocycles. The fourth-order valence-electron chi connectivity index (χ4n) is 1.22. The number of aromatic nitrogens is 1. The largest absolute Gasteiger partial charge is 0.488 e. The maximum absolute atomic E-state index is 5.55. The SMILES string of the molecule is COCCNCc1ccc(OC/C(C)=C/Cl)cn1. The first-order valence-corrected chi connectivity index (χ1v) is 6.23. The molecule has 0 radical (unpaired) electrons. The second kappa shape index (κ2) is 8.91. The van der Waals surface area contributed by atoms with Gasteiger partial charge in [-0.1, -0.05) is 11.6 Å². The van der Waals surface area contributed by atoms with Crippen molar-refractivity contribution in [3.05, 3.63) is 35.1 Å². The molecule has 1 rings (SSSR count). The normalized spacial score (nSPS) is 11.6. The zero-order chi connectivity index (χ0) is 13.2. The Balaban J connectivity index is 2.33. The van der Waals surface area contributed by atoms with Gasteiger partial charge in [-0.25, -0.2) is 0 Å². The van der Waals surface area contributed by atoms with Gasteiger partial charge in [-0.3, -0.25) is 4.98 Å². The molecule has 0 aliphatic carbocycles. The van der Waals surface area contributed by atoms with Gasteiger partial charge >= 0.3 is 0 Å². The van der Waals surface area contributed by atoms with Crippen LogP contribution in [0.3, 0.4) is 0 Å². The highest BCUT2D eigenvalue weighted by molar-refractivity contribution is 6.25. The van der Waals surface area contributed by atoms with Gasteiger partial charge in [0.05, 0.1) is 18.5 Å². The first-order valence-electron chi connectivity index (χ1n) is 5.79. The zero-order valence-corrected chi connectivity index (χ0v) is 11.5. The molecule has 1 N–H and O–H groups in total. The molecule has 4 nitrogen and oxygen atoms in total. The van der Waals surface area contributed by atoms with E-state index in [9.17, 15) is 0 Å². The third-order valence-electron chi connectivity index (χ3n) is 2.24. The van der Waals surface area contributed by atoms with Crippen LogP contribution in [0.5, 0.6) is 5.75 Å². The van der Waals surface area contributed by atoms with E-state index >= 15 is 0 Å². The van der Waals surface area contributed by atoms with Crippen LogP contribution in [0, 0.1) is 0 Å². The predicted molar refractivity (Wildman–Crippen MR) is 72.9 cm³/mol. The molecule has 0 amide bonds. The van der Waals surface area contributed by atoms with E-state index in [1.165, 1.54) is 5.54 Å². The lowest BCUT2D eigenvalue weighted by atomic mass is 10.3. The van der Waals surface area contributed by atoms with Crippen LogP contribution in [-0.2, 0) is 11.3 Å². The number of hydrogen-bond acceptors (Lipinski definition) is 4. The minimum atomic E-state index is 0.483. The van der Waals surface area contributed by atoms with E-state index in [1.807, 2.05) is 19.1 Å². The summed E-state index contributed by atoms with van der Waals surface area (Å²) >= 11 is 5.55. The van der Waals surface area contributed by atoms with Gasteiger partial charge in [0.25, 0.3) is 0 Å². The van der Waals surface area contributed by atoms with Gasteiger partial charge in [-0.2, -0.15) is 0 Å². The molecule has 0 aliphatic heterocycles. The van der Waals surface area contributed by atoms with Crippen LogP contribution in [0.15, 0.2) is 29.4 Å². The topological polar surface area (TPSA) is 43.4 Å². The number of pyridine rings is 1. The monoisotopic (exact) mass is 270 g/mol. The summed E-state index contributed by atoms with van der Waals surface area (Å²) in [5.74, 6) is 0.744. The molecule has 0 aliphatic rings. The van der Waals surface area contributed by atoms with E-state index in [0.717, 1.165) is 30.1 Å². The molecule has 18 heavy (non-hydrogen) atoms. The quantitative estimate of drug-likeness (QED) is 0.737. The predicted octanol–water partition coefficient (Wildman–Crippen LogP) is 2.34. The summed E-state index contributed by atoms with van der Waals surface area (Å²) in [5, 5.41) is 3.23. The first-order chi connectivity index (χ1) is 8.76. The smallest absolute Gasteiger partial charge is 0.138 e. The van der Waals surface area contributed by atoms with Gasteiger partial charge in [-0.05, 0) is 24.6 Å². The van der Waals surface area contributed by atoms with Gasteiger partial charge in [0.15, 0.2) is 0 Å². The Bertz CT molecular complexity index is 366. The molecule has 1 aromatic heterocycles. The van der Waals surface area contributed by atoms with Gasteiger partial charge in [0.2, 0.25) is 0 Å². The van der Waals surface area contributed by atoms with Crippen molar-refractivity contribution in [1.82, 2.24) is 10.3 Å². The van der Waals surface area contributed by atoms with Crippen molar-refractivity contribution in [2.24, 2.45) is 0 Å². The average Bonchev–Trinajstić information content (AvgIpc) is 2.42. The minimum absolute atomic E-state index is 0.483. The maximum Gasteiger partial charge on any atom is 0.138 e. The van der Waals surface area contributed by atoms with E-state index in [4.69, 9.17) is 21.1 Å². The van der Waals surface area contributed by atoms with Crippen LogP contribution >= 0.6 is 11.6 Å². The Labute approximate surface area is 113 Å². The molecular weight excluding hydrogens is 252 g/mol. The fraction of sp³-hybridized carbons (Fsp3) is 0.462. The Morgan fingerprint density at radius 3 is 2.94 bits per heavy atom. The number of nitrogens with zero attached hydrogens (tertiary/aromatic N) is 1. The Hall–Kier alpha value is -1.10. The number of methoxy groups -OCH3 is 1. The molecule has 1 aromatic rings. The van der Waals surface area contributed by atoms with Crippen molar-refractivity contribution >= 4 is 11.6 Å². The molecule has 0 spiro atoms. The van der Waals surface area contributed by atoms with E-state index in [2.05, 4.69) is 10.3 Å². The number of ether oxygens (including phenoxy) is 2. The Kier molecular flexibility index (Phi) is 7.41. The second-order valence-electron chi connectivity index (χ2n) is 3.90. The molecule has 0 fully saturated rings. The molecule has 1 heterocycles. The molecule has 0 unspecified atom stereocenters. The number of hydrogen-bond donors (Lipinski definition) is 1. The number of nitrogens with one attached hydrogen (secondary N) is 1. The molecule has 100 valence electrons. The zero-order valence-electron chi connectivity index (χ0n) is 10.8. The minimum Gasteiger partial charge on any atom is -0.488 e. The summed E-state index contributed by atoms with van der Waals surface area (Å²) in [5.41, 5.74) is 3.46. The Morgan fingerprint density at radius 1 is 1.50 bits per heavy atom. The van der Waals surface area contributed by atoms with E-state index in [0.29, 0.717) is 13.2 Å². The van der Waals surface area contributed by atoms with Crippen molar-refractivity contribution in [3.63, 3.8) is 0 Å². The molecule has 0 saturated heterocycles. The summed E-state index contributed by atoms with van der Waals surface area (Å²) in [6, 6.07) is 3.84. The summed E-state index contributed by atoms with van der Waals surface area (Å²) in [7, 11) is 1.68. The highest BCUT2D eigenvalue weighted by atomic mass is 35.5. The average molecular weight is 271 g/mol. The molecule has 0 atom stereocenters. The summed E-state index contributed by atoms with van der Waals surface area (Å²) in [6.45, 7) is 4.64. The fourth-order valence-corrected chi connectivity index (χ4v) is 1.28.